The molecule has 1 aliphatic rings. The Morgan fingerprint density at radius 3 is 2.85 bits per heavy atom. The van der Waals surface area contributed by atoms with Gasteiger partial charge >= 0.3 is 0 Å². The number of hydrogen-bond acceptors (Lipinski definition) is 3. The number of amides is 1. The van der Waals surface area contributed by atoms with E-state index in [9.17, 15) is 4.79 Å². The number of nitrogens with one attached hydrogen (secondary N) is 3. The minimum Gasteiger partial charge on any atom is -0.370 e. The Hall–Kier alpha value is -2.82. The van der Waals surface area contributed by atoms with Crippen molar-refractivity contribution in [2.75, 3.05) is 18.4 Å². The third-order valence-corrected chi connectivity index (χ3v) is 5.24. The molecule has 0 atom stereocenters. The van der Waals surface area contributed by atoms with Crippen molar-refractivity contribution in [3.63, 3.8) is 0 Å². The molecule has 140 valence electrons. The van der Waals surface area contributed by atoms with Crippen LogP contribution in [0, 0.1) is 5.92 Å². The van der Waals surface area contributed by atoms with E-state index in [1.54, 1.807) is 6.20 Å². The third kappa shape index (κ3) is 4.13. The zero-order valence-corrected chi connectivity index (χ0v) is 15.7. The molecule has 2 aromatic heterocycles. The Labute approximate surface area is 159 Å². The van der Waals surface area contributed by atoms with Crippen LogP contribution in [0.3, 0.4) is 0 Å². The third-order valence-electron chi connectivity index (χ3n) is 5.24. The zero-order valence-electron chi connectivity index (χ0n) is 15.7. The zero-order chi connectivity index (χ0) is 18.6. The number of para-hydroxylation sites is 1. The predicted molar refractivity (Wildman–Crippen MR) is 109 cm³/mol. The summed E-state index contributed by atoms with van der Waals surface area (Å²) >= 11 is 0. The van der Waals surface area contributed by atoms with Gasteiger partial charge in [-0.3, -0.25) is 4.79 Å². The van der Waals surface area contributed by atoms with E-state index in [2.05, 4.69) is 51.9 Å². The molecule has 0 radical (unpaired) electrons. The first kappa shape index (κ1) is 17.6. The largest absolute Gasteiger partial charge is 0.370 e. The molecule has 3 aromatic rings. The summed E-state index contributed by atoms with van der Waals surface area (Å²) in [5, 5.41) is 7.56. The number of carbonyl (C=O) groups excluding carboxylic acids is 1. The van der Waals surface area contributed by atoms with Gasteiger partial charge in [-0.25, -0.2) is 4.98 Å². The fourth-order valence-corrected chi connectivity index (χ4v) is 3.39. The molecule has 27 heavy (non-hydrogen) atoms. The van der Waals surface area contributed by atoms with Crippen molar-refractivity contribution in [3.8, 4) is 0 Å². The summed E-state index contributed by atoms with van der Waals surface area (Å²) in [6.07, 6.45) is 8.12. The van der Waals surface area contributed by atoms with E-state index in [0.29, 0.717) is 12.1 Å². The topological polar surface area (TPSA) is 69.8 Å². The number of H-pyrrole nitrogens is 1. The average Bonchev–Trinajstić information content (AvgIpc) is 3.45. The summed E-state index contributed by atoms with van der Waals surface area (Å²) in [5.41, 5.74) is 4.36. The van der Waals surface area contributed by atoms with Crippen molar-refractivity contribution in [2.24, 2.45) is 5.92 Å². The maximum atomic E-state index is 12.3. The fraction of sp³-hybridized carbons (Fsp3) is 0.364. The van der Waals surface area contributed by atoms with Crippen molar-refractivity contribution in [1.29, 1.82) is 0 Å². The van der Waals surface area contributed by atoms with Crippen LogP contribution in [0.15, 0.2) is 42.7 Å². The molecular weight excluding hydrogens is 336 g/mol. The Morgan fingerprint density at radius 2 is 2.11 bits per heavy atom. The second kappa shape index (κ2) is 7.82. The molecule has 0 bridgehead atoms. The molecule has 5 heteroatoms. The lowest BCUT2D eigenvalue weighted by atomic mass is 10.1. The smallest absolute Gasteiger partial charge is 0.252 e. The second-order valence-corrected chi connectivity index (χ2v) is 7.27. The van der Waals surface area contributed by atoms with Gasteiger partial charge in [0.1, 0.15) is 5.82 Å². The summed E-state index contributed by atoms with van der Waals surface area (Å²) in [6.45, 7) is 3.74. The van der Waals surface area contributed by atoms with Crippen LogP contribution >= 0.6 is 0 Å². The molecule has 1 aromatic carbocycles. The highest BCUT2D eigenvalue weighted by atomic mass is 16.1. The molecular formula is C22H26N4O. The first-order valence-corrected chi connectivity index (χ1v) is 9.80. The van der Waals surface area contributed by atoms with E-state index >= 15 is 0 Å². The molecule has 1 aliphatic carbocycles. The maximum Gasteiger partial charge on any atom is 0.252 e. The summed E-state index contributed by atoms with van der Waals surface area (Å²) in [5.74, 6) is 1.56. The van der Waals surface area contributed by atoms with Gasteiger partial charge in [-0.05, 0) is 54.9 Å². The van der Waals surface area contributed by atoms with E-state index in [1.807, 2.05) is 12.1 Å². The molecule has 1 amide bonds. The van der Waals surface area contributed by atoms with Crippen LogP contribution in [-0.4, -0.2) is 29.0 Å². The van der Waals surface area contributed by atoms with E-state index in [1.165, 1.54) is 34.9 Å². The van der Waals surface area contributed by atoms with Gasteiger partial charge in [0.05, 0.1) is 5.56 Å². The van der Waals surface area contributed by atoms with Gasteiger partial charge < -0.3 is 15.6 Å². The highest BCUT2D eigenvalue weighted by molar-refractivity contribution is 5.94. The van der Waals surface area contributed by atoms with Crippen LogP contribution in [0.1, 0.15) is 41.3 Å². The lowest BCUT2D eigenvalue weighted by Crippen LogP contribution is -2.25. The molecule has 1 saturated carbocycles. The minimum atomic E-state index is -0.0784. The first-order valence-electron chi connectivity index (χ1n) is 9.80. The quantitative estimate of drug-likeness (QED) is 0.569. The second-order valence-electron chi connectivity index (χ2n) is 7.27. The van der Waals surface area contributed by atoms with Crippen LogP contribution < -0.4 is 10.6 Å². The van der Waals surface area contributed by atoms with Gasteiger partial charge in [-0.1, -0.05) is 25.1 Å². The van der Waals surface area contributed by atoms with Gasteiger partial charge in [-0.15, -0.1) is 0 Å². The Kier molecular flexibility index (Phi) is 5.10. The summed E-state index contributed by atoms with van der Waals surface area (Å²) in [7, 11) is 0. The van der Waals surface area contributed by atoms with Crippen LogP contribution in [-0.2, 0) is 12.8 Å². The minimum absolute atomic E-state index is 0.0784. The Morgan fingerprint density at radius 1 is 1.22 bits per heavy atom. The normalized spacial score (nSPS) is 13.7. The Bertz CT molecular complexity index is 925. The number of aromatic nitrogens is 2. The fourth-order valence-electron chi connectivity index (χ4n) is 3.39. The molecule has 4 rings (SSSR count). The van der Waals surface area contributed by atoms with Gasteiger partial charge in [-0.2, -0.15) is 0 Å². The molecule has 0 saturated heterocycles. The van der Waals surface area contributed by atoms with E-state index in [0.717, 1.165) is 31.1 Å². The van der Waals surface area contributed by atoms with Gasteiger partial charge in [0.25, 0.3) is 5.91 Å². The molecule has 1 fully saturated rings. The van der Waals surface area contributed by atoms with E-state index in [-0.39, 0.29) is 5.91 Å². The number of hydrogen-bond donors (Lipinski definition) is 3. The van der Waals surface area contributed by atoms with Crippen molar-refractivity contribution >= 4 is 22.6 Å². The highest BCUT2D eigenvalue weighted by Crippen LogP contribution is 2.28. The SMILES string of the molecule is CCc1cccc2c(CCNC(=O)c3ccc(NCC4CC4)nc3)c[nH]c12. The van der Waals surface area contributed by atoms with Crippen molar-refractivity contribution in [3.05, 3.63) is 59.4 Å². The Balaban J connectivity index is 1.31. The summed E-state index contributed by atoms with van der Waals surface area (Å²) in [4.78, 5) is 20.1. The molecule has 0 aliphatic heterocycles. The van der Waals surface area contributed by atoms with Crippen LogP contribution in [0.4, 0.5) is 5.82 Å². The van der Waals surface area contributed by atoms with E-state index < -0.39 is 0 Å². The van der Waals surface area contributed by atoms with Crippen LogP contribution in [0.25, 0.3) is 10.9 Å². The lowest BCUT2D eigenvalue weighted by molar-refractivity contribution is 0.0954. The van der Waals surface area contributed by atoms with Gasteiger partial charge in [0.15, 0.2) is 0 Å². The average molecular weight is 362 g/mol. The number of aryl methyl sites for hydroxylation is 1. The highest BCUT2D eigenvalue weighted by Gasteiger charge is 2.20. The molecule has 2 heterocycles. The van der Waals surface area contributed by atoms with Crippen molar-refractivity contribution in [1.82, 2.24) is 15.3 Å². The number of fused-ring (bicyclic) bond motifs is 1. The standard InChI is InChI=1S/C22H26N4O/c1-2-16-4-3-5-19-17(13-26-21(16)19)10-11-23-22(27)18-8-9-20(25-14-18)24-12-15-6-7-15/h3-5,8-9,13-15,26H,2,6-7,10-12H2,1H3,(H,23,27)(H,24,25). The first-order chi connectivity index (χ1) is 13.2. The van der Waals surface area contributed by atoms with Crippen LogP contribution in [0.5, 0.6) is 0 Å². The molecule has 3 N–H and O–H groups in total. The molecule has 5 nitrogen and oxygen atoms in total. The maximum absolute atomic E-state index is 12.3. The van der Waals surface area contributed by atoms with E-state index in [4.69, 9.17) is 0 Å². The van der Waals surface area contributed by atoms with Crippen LogP contribution in [0.2, 0.25) is 0 Å². The summed E-state index contributed by atoms with van der Waals surface area (Å²) in [6, 6.07) is 10.1. The van der Waals surface area contributed by atoms with Gasteiger partial charge in [0.2, 0.25) is 0 Å². The number of pyridine rings is 1. The number of nitrogens with zero attached hydrogens (tertiary/aromatic N) is 1. The number of aromatic amines is 1. The molecule has 0 unspecified atom stereocenters. The number of anilines is 1. The van der Waals surface area contributed by atoms with Crippen molar-refractivity contribution < 1.29 is 4.79 Å². The van der Waals surface area contributed by atoms with Gasteiger partial charge in [0, 0.05) is 36.4 Å². The molecule has 0 spiro atoms. The van der Waals surface area contributed by atoms with Crippen molar-refractivity contribution in [2.45, 2.75) is 32.6 Å². The predicted octanol–water partition coefficient (Wildman–Crippen LogP) is 3.92. The number of carbonyl (C=O) groups is 1. The lowest BCUT2D eigenvalue weighted by Gasteiger charge is -2.07. The number of rotatable bonds is 8. The summed E-state index contributed by atoms with van der Waals surface area (Å²) < 4.78 is 0. The monoisotopic (exact) mass is 362 g/mol. The number of benzene rings is 1.